The fourth-order valence-corrected chi connectivity index (χ4v) is 6.88. The molecule has 1 aliphatic rings. The predicted octanol–water partition coefficient (Wildman–Crippen LogP) is 8.48. The van der Waals surface area contributed by atoms with Crippen LogP contribution in [0.1, 0.15) is 85.3 Å². The molecule has 5 aromatic rings. The van der Waals surface area contributed by atoms with Crippen molar-refractivity contribution in [1.82, 2.24) is 10.2 Å². The molecule has 0 saturated carbocycles. The van der Waals surface area contributed by atoms with Crippen LogP contribution in [0.3, 0.4) is 0 Å². The number of benzene rings is 5. The van der Waals surface area contributed by atoms with Gasteiger partial charge in [0.15, 0.2) is 6.29 Å². The minimum Gasteiger partial charge on any atom is -0.397 e. The number of likely N-dealkylation sites (N-methyl/N-ethyl adjacent to an activating group) is 1. The minimum absolute atomic E-state index is 0.00177. The second-order valence-corrected chi connectivity index (χ2v) is 14.3. The van der Waals surface area contributed by atoms with Gasteiger partial charge < -0.3 is 30.9 Å². The second-order valence-electron chi connectivity index (χ2n) is 14.3. The predicted molar refractivity (Wildman–Crippen MR) is 218 cm³/mol. The zero-order valence-electron chi connectivity index (χ0n) is 31.7. The highest BCUT2D eigenvalue weighted by atomic mass is 16.7. The lowest BCUT2D eigenvalue weighted by Crippen LogP contribution is -2.38. The number of nitrogens with zero attached hydrogens (tertiary/aromatic N) is 1. The quantitative estimate of drug-likeness (QED) is 0.0591. The summed E-state index contributed by atoms with van der Waals surface area (Å²) in [7, 11) is 2.14. The molecule has 0 unspecified atom stereocenters. The summed E-state index contributed by atoms with van der Waals surface area (Å²) in [5.41, 5.74) is 14.3. The molecule has 55 heavy (non-hydrogen) atoms. The van der Waals surface area contributed by atoms with Crippen LogP contribution < -0.4 is 16.4 Å². The number of carbonyl (C=O) groups is 2. The van der Waals surface area contributed by atoms with Crippen molar-refractivity contribution in [2.24, 2.45) is 0 Å². The van der Waals surface area contributed by atoms with Gasteiger partial charge in [0.2, 0.25) is 11.8 Å². The van der Waals surface area contributed by atoms with Gasteiger partial charge in [0.1, 0.15) is 0 Å². The zero-order chi connectivity index (χ0) is 38.6. The summed E-state index contributed by atoms with van der Waals surface area (Å²) in [6.45, 7) is 3.38. The SMILES string of the molecule is C[C@@H](c1ccccc1)N(C)C[C@@H]1C[C@H](c2ccc(CO)cc2)O[C@H](c2ccc(-c3cccc(CNC(=O)CCCCC(=O)Nc4ccccc4N)c3)cc2)O1. The lowest BCUT2D eigenvalue weighted by molar-refractivity contribution is -0.253. The number of carbonyl (C=O) groups excluding carboxylic acids is 2. The molecule has 1 heterocycles. The molecule has 1 saturated heterocycles. The molecular weight excluding hydrogens is 689 g/mol. The summed E-state index contributed by atoms with van der Waals surface area (Å²) < 4.78 is 13.3. The molecule has 0 bridgehead atoms. The standard InChI is InChI=1S/C46H52N4O5/c1-32(35-12-4-3-5-13-35)50(2)30-40-28-43(37-21-19-33(31-51)20-22-37)55-46(54-40)38-25-23-36(24-26-38)39-14-10-11-34(27-39)29-48-44(52)17-8-9-18-45(53)49-42-16-7-6-15-41(42)47/h3-7,10-16,19-27,32,40,43,46,51H,8-9,17-18,28-31,47H2,1-2H3,(H,48,52)(H,49,53)/t32-,40-,43+,46+/m0/s1. The van der Waals surface area contributed by atoms with E-state index in [2.05, 4.69) is 90.2 Å². The Bertz CT molecular complexity index is 1990. The first-order chi connectivity index (χ1) is 26.7. The second kappa shape index (κ2) is 19.3. The van der Waals surface area contributed by atoms with Gasteiger partial charge in [-0.2, -0.15) is 0 Å². The Morgan fingerprint density at radius 1 is 0.782 bits per heavy atom. The molecule has 0 aromatic heterocycles. The van der Waals surface area contributed by atoms with E-state index in [1.54, 1.807) is 12.1 Å². The minimum atomic E-state index is -0.547. The molecule has 4 atom stereocenters. The molecule has 9 nitrogen and oxygen atoms in total. The van der Waals surface area contributed by atoms with Crippen molar-refractivity contribution in [1.29, 1.82) is 0 Å². The smallest absolute Gasteiger partial charge is 0.224 e. The van der Waals surface area contributed by atoms with E-state index < -0.39 is 6.29 Å². The van der Waals surface area contributed by atoms with Crippen molar-refractivity contribution in [3.05, 3.63) is 155 Å². The fourth-order valence-electron chi connectivity index (χ4n) is 6.88. The van der Waals surface area contributed by atoms with Crippen LogP contribution in [0.2, 0.25) is 0 Å². The molecular formula is C46H52N4O5. The third kappa shape index (κ3) is 11.1. The molecule has 5 aromatic carbocycles. The molecule has 5 N–H and O–H groups in total. The highest BCUT2D eigenvalue weighted by molar-refractivity contribution is 5.93. The van der Waals surface area contributed by atoms with Gasteiger partial charge in [-0.05, 0) is 78.4 Å². The number of aliphatic hydroxyl groups is 1. The molecule has 1 fully saturated rings. The first-order valence-electron chi connectivity index (χ1n) is 19.1. The molecule has 2 amide bonds. The van der Waals surface area contributed by atoms with Crippen molar-refractivity contribution in [3.63, 3.8) is 0 Å². The Morgan fingerprint density at radius 2 is 1.47 bits per heavy atom. The average molecular weight is 741 g/mol. The Balaban J connectivity index is 1.04. The summed E-state index contributed by atoms with van der Waals surface area (Å²) in [5, 5.41) is 15.4. The van der Waals surface area contributed by atoms with Crippen molar-refractivity contribution in [2.75, 3.05) is 24.6 Å². The monoisotopic (exact) mass is 740 g/mol. The van der Waals surface area contributed by atoms with E-state index in [1.165, 1.54) is 5.56 Å². The van der Waals surface area contributed by atoms with Crippen molar-refractivity contribution in [3.8, 4) is 11.1 Å². The number of hydrogen-bond donors (Lipinski definition) is 4. The van der Waals surface area contributed by atoms with Gasteiger partial charge in [0, 0.05) is 44.0 Å². The topological polar surface area (TPSA) is 126 Å². The molecule has 1 aliphatic heterocycles. The Labute approximate surface area is 324 Å². The van der Waals surface area contributed by atoms with Gasteiger partial charge in [-0.1, -0.05) is 109 Å². The Morgan fingerprint density at radius 3 is 2.20 bits per heavy atom. The van der Waals surface area contributed by atoms with Crippen LogP contribution in [0.4, 0.5) is 11.4 Å². The number of para-hydroxylation sites is 2. The van der Waals surface area contributed by atoms with Crippen LogP contribution in [0.25, 0.3) is 11.1 Å². The maximum absolute atomic E-state index is 12.6. The summed E-state index contributed by atoms with van der Waals surface area (Å²) in [4.78, 5) is 27.2. The molecule has 0 aliphatic carbocycles. The van der Waals surface area contributed by atoms with Crippen molar-refractivity contribution < 1.29 is 24.2 Å². The van der Waals surface area contributed by atoms with Crippen LogP contribution in [0, 0.1) is 0 Å². The van der Waals surface area contributed by atoms with E-state index in [1.807, 2.05) is 54.6 Å². The van der Waals surface area contributed by atoms with Crippen LogP contribution in [0.5, 0.6) is 0 Å². The number of unbranched alkanes of at least 4 members (excludes halogenated alkanes) is 1. The maximum atomic E-state index is 12.6. The fraction of sp³-hybridized carbons (Fsp3) is 0.304. The summed E-state index contributed by atoms with van der Waals surface area (Å²) in [6.07, 6.45) is 1.84. The lowest BCUT2D eigenvalue weighted by atomic mass is 9.98. The lowest BCUT2D eigenvalue weighted by Gasteiger charge is -2.39. The van der Waals surface area contributed by atoms with Crippen molar-refractivity contribution in [2.45, 2.75) is 76.7 Å². The van der Waals surface area contributed by atoms with Crippen LogP contribution in [0.15, 0.2) is 127 Å². The van der Waals surface area contributed by atoms with E-state index in [0.717, 1.165) is 39.9 Å². The van der Waals surface area contributed by atoms with Crippen LogP contribution >= 0.6 is 0 Å². The number of ether oxygens (including phenoxy) is 2. The van der Waals surface area contributed by atoms with Gasteiger partial charge in [0.05, 0.1) is 30.2 Å². The maximum Gasteiger partial charge on any atom is 0.224 e. The highest BCUT2D eigenvalue weighted by Crippen LogP contribution is 2.39. The number of amides is 2. The molecule has 0 spiro atoms. The third-order valence-electron chi connectivity index (χ3n) is 10.3. The van der Waals surface area contributed by atoms with Gasteiger partial charge in [-0.3, -0.25) is 14.5 Å². The molecule has 286 valence electrons. The number of hydrogen-bond acceptors (Lipinski definition) is 7. The number of rotatable bonds is 16. The van der Waals surface area contributed by atoms with E-state index in [-0.39, 0.29) is 36.7 Å². The third-order valence-corrected chi connectivity index (χ3v) is 10.3. The Hall–Kier alpha value is -5.32. The van der Waals surface area contributed by atoms with Gasteiger partial charge in [0.25, 0.3) is 0 Å². The number of nitrogens with one attached hydrogen (secondary N) is 2. The van der Waals surface area contributed by atoms with E-state index >= 15 is 0 Å². The normalized spacial score (nSPS) is 17.4. The largest absolute Gasteiger partial charge is 0.397 e. The summed E-state index contributed by atoms with van der Waals surface area (Å²) in [5.74, 6) is -0.158. The number of aliphatic hydroxyl groups excluding tert-OH is 1. The van der Waals surface area contributed by atoms with Gasteiger partial charge in [-0.15, -0.1) is 0 Å². The van der Waals surface area contributed by atoms with Gasteiger partial charge in [-0.25, -0.2) is 0 Å². The molecule has 6 rings (SSSR count). The van der Waals surface area contributed by atoms with E-state index in [0.29, 0.717) is 50.0 Å². The summed E-state index contributed by atoms with van der Waals surface area (Å²) >= 11 is 0. The highest BCUT2D eigenvalue weighted by Gasteiger charge is 2.33. The first kappa shape index (κ1) is 39.4. The van der Waals surface area contributed by atoms with Crippen molar-refractivity contribution >= 4 is 23.2 Å². The number of nitrogens with two attached hydrogens (primary N) is 1. The summed E-state index contributed by atoms with van der Waals surface area (Å²) in [6, 6.07) is 42.3. The molecule has 0 radical (unpaired) electrons. The van der Waals surface area contributed by atoms with Crippen LogP contribution in [-0.4, -0.2) is 41.5 Å². The number of nitrogen functional groups attached to an aromatic ring is 1. The Kier molecular flexibility index (Phi) is 13.8. The van der Waals surface area contributed by atoms with Gasteiger partial charge >= 0.3 is 0 Å². The van der Waals surface area contributed by atoms with E-state index in [9.17, 15) is 14.7 Å². The number of anilines is 2. The first-order valence-corrected chi connectivity index (χ1v) is 19.1. The molecule has 9 heteroatoms. The van der Waals surface area contributed by atoms with E-state index in [4.69, 9.17) is 15.2 Å². The van der Waals surface area contributed by atoms with Crippen LogP contribution in [-0.2, 0) is 32.2 Å². The average Bonchev–Trinajstić information content (AvgIpc) is 3.22. The zero-order valence-corrected chi connectivity index (χ0v) is 31.7.